The van der Waals surface area contributed by atoms with Crippen molar-refractivity contribution < 1.29 is 33.4 Å². The van der Waals surface area contributed by atoms with Crippen molar-refractivity contribution in [3.8, 4) is 0 Å². The predicted octanol–water partition coefficient (Wildman–Crippen LogP) is 0.249. The van der Waals surface area contributed by atoms with Crippen LogP contribution in [-0.4, -0.2) is 46.0 Å². The lowest BCUT2D eigenvalue weighted by molar-refractivity contribution is -0.138. The zero-order chi connectivity index (χ0) is 17.1. The zero-order valence-corrected chi connectivity index (χ0v) is 11.7. The van der Waals surface area contributed by atoms with E-state index in [2.05, 4.69) is 5.32 Å². The first kappa shape index (κ1) is 16.6. The maximum Gasteiger partial charge on any atom is 0.307 e. The summed E-state index contributed by atoms with van der Waals surface area (Å²) >= 11 is 0. The van der Waals surface area contributed by atoms with Crippen LogP contribution in [0.3, 0.4) is 0 Å². The molecule has 3 N–H and O–H groups in total. The molecule has 0 unspecified atom stereocenters. The van der Waals surface area contributed by atoms with E-state index in [4.69, 9.17) is 10.2 Å². The van der Waals surface area contributed by atoms with Crippen molar-refractivity contribution >= 4 is 23.5 Å². The lowest BCUT2D eigenvalue weighted by Gasteiger charge is -2.14. The van der Waals surface area contributed by atoms with Gasteiger partial charge in [-0.3, -0.25) is 19.3 Å². The number of amides is 2. The number of nitrogens with zero attached hydrogens (tertiary/aromatic N) is 1. The average Bonchev–Trinajstić information content (AvgIpc) is 2.74. The minimum absolute atomic E-state index is 0.215. The second-order valence-corrected chi connectivity index (χ2v) is 4.67. The van der Waals surface area contributed by atoms with Crippen molar-refractivity contribution in [3.63, 3.8) is 0 Å². The van der Waals surface area contributed by atoms with E-state index in [0.717, 1.165) is 23.1 Å². The van der Waals surface area contributed by atoms with Crippen LogP contribution in [-0.2, 0) is 20.8 Å². The van der Waals surface area contributed by atoms with E-state index in [1.165, 1.54) is 0 Å². The van der Waals surface area contributed by atoms with E-state index in [9.17, 15) is 23.2 Å². The molecule has 23 heavy (non-hydrogen) atoms. The Morgan fingerprint density at radius 2 is 1.91 bits per heavy atom. The lowest BCUT2D eigenvalue weighted by Crippen LogP contribution is -2.34. The molecule has 1 aliphatic rings. The molecule has 1 aliphatic heterocycles. The molecule has 2 rings (SSSR count). The fourth-order valence-electron chi connectivity index (χ4n) is 2.04. The number of carbonyl (C=O) groups is 3. The third-order valence-electron chi connectivity index (χ3n) is 3.11. The number of benzene rings is 1. The van der Waals surface area contributed by atoms with Crippen molar-refractivity contribution in [1.29, 1.82) is 0 Å². The first-order chi connectivity index (χ1) is 10.8. The molecule has 7 nitrogen and oxygen atoms in total. The molecule has 0 spiro atoms. The van der Waals surface area contributed by atoms with Gasteiger partial charge >= 0.3 is 5.97 Å². The van der Waals surface area contributed by atoms with E-state index in [1.54, 1.807) is 0 Å². The van der Waals surface area contributed by atoms with Crippen LogP contribution >= 0.6 is 0 Å². The fourth-order valence-corrected chi connectivity index (χ4v) is 2.04. The van der Waals surface area contributed by atoms with Crippen molar-refractivity contribution in [3.05, 3.63) is 41.1 Å². The van der Waals surface area contributed by atoms with Crippen LogP contribution < -0.4 is 5.32 Å². The number of aliphatic carboxylic acids is 1. The van der Waals surface area contributed by atoms with Crippen molar-refractivity contribution in [2.75, 3.05) is 18.5 Å². The quantitative estimate of drug-likeness (QED) is 0.647. The average molecular weight is 326 g/mol. The van der Waals surface area contributed by atoms with Gasteiger partial charge in [0.2, 0.25) is 0 Å². The maximum atomic E-state index is 13.9. The lowest BCUT2D eigenvalue weighted by atomic mass is 10.1. The van der Waals surface area contributed by atoms with E-state index >= 15 is 0 Å². The van der Waals surface area contributed by atoms with Gasteiger partial charge < -0.3 is 15.5 Å². The number of hydrogen-bond acceptors (Lipinski definition) is 5. The SMILES string of the molecule is O=C(O)Cc1ccc(NC2=CC(=O)N(CCO)C2=O)c(F)c1F. The number of hydrogen-bond donors (Lipinski definition) is 3. The van der Waals surface area contributed by atoms with Crippen LogP contribution in [0.15, 0.2) is 23.9 Å². The number of aliphatic hydroxyl groups excluding tert-OH is 1. The normalized spacial score (nSPS) is 14.2. The van der Waals surface area contributed by atoms with Crippen molar-refractivity contribution in [1.82, 2.24) is 4.90 Å². The highest BCUT2D eigenvalue weighted by molar-refractivity contribution is 6.17. The third kappa shape index (κ3) is 3.34. The Bertz CT molecular complexity index is 717. The summed E-state index contributed by atoms with van der Waals surface area (Å²) in [5.74, 6) is -5.48. The molecule has 1 heterocycles. The van der Waals surface area contributed by atoms with Crippen LogP contribution in [0.2, 0.25) is 0 Å². The van der Waals surface area contributed by atoms with Gasteiger partial charge in [0.05, 0.1) is 25.3 Å². The molecule has 122 valence electrons. The van der Waals surface area contributed by atoms with Gasteiger partial charge in [-0.05, 0) is 6.07 Å². The monoisotopic (exact) mass is 326 g/mol. The van der Waals surface area contributed by atoms with Gasteiger partial charge in [-0.1, -0.05) is 6.07 Å². The molecule has 0 aliphatic carbocycles. The molecule has 0 bridgehead atoms. The standard InChI is InChI=1S/C14H12F2N2O5/c15-12-7(5-11(21)22)1-2-8(13(12)16)17-9-6-10(20)18(3-4-19)14(9)23/h1-2,6,17,19H,3-5H2,(H,21,22). The van der Waals surface area contributed by atoms with Gasteiger partial charge in [-0.25, -0.2) is 8.78 Å². The number of imide groups is 1. The Hall–Kier alpha value is -2.81. The highest BCUT2D eigenvalue weighted by Crippen LogP contribution is 2.24. The molecular weight excluding hydrogens is 314 g/mol. The van der Waals surface area contributed by atoms with Crippen LogP contribution in [0.25, 0.3) is 0 Å². The molecule has 2 amide bonds. The molecule has 0 saturated carbocycles. The van der Waals surface area contributed by atoms with E-state index in [0.29, 0.717) is 0 Å². The number of carbonyl (C=O) groups excluding carboxylic acids is 2. The molecule has 0 radical (unpaired) electrons. The minimum atomic E-state index is -1.36. The molecule has 0 fully saturated rings. The van der Waals surface area contributed by atoms with Crippen molar-refractivity contribution in [2.24, 2.45) is 0 Å². The number of β-amino-alcohol motifs (C(OH)–C–C–N with tert-alkyl or cyclic N) is 1. The number of halogens is 2. The van der Waals surface area contributed by atoms with Crippen LogP contribution in [0, 0.1) is 11.6 Å². The highest BCUT2D eigenvalue weighted by Gasteiger charge is 2.31. The van der Waals surface area contributed by atoms with Gasteiger partial charge in [-0.2, -0.15) is 0 Å². The first-order valence-corrected chi connectivity index (χ1v) is 6.49. The topological polar surface area (TPSA) is 107 Å². The van der Waals surface area contributed by atoms with Crippen LogP contribution in [0.5, 0.6) is 0 Å². The molecule has 0 aromatic heterocycles. The maximum absolute atomic E-state index is 13.9. The molecule has 0 atom stereocenters. The Labute approximate surface area is 128 Å². The summed E-state index contributed by atoms with van der Waals surface area (Å²) in [5, 5.41) is 19.7. The predicted molar refractivity (Wildman–Crippen MR) is 73.2 cm³/mol. The largest absolute Gasteiger partial charge is 0.481 e. The first-order valence-electron chi connectivity index (χ1n) is 6.49. The molecule has 1 aromatic rings. The van der Waals surface area contributed by atoms with E-state index < -0.39 is 48.1 Å². The summed E-state index contributed by atoms with van der Waals surface area (Å²) < 4.78 is 27.7. The molecule has 0 saturated heterocycles. The number of rotatable bonds is 6. The van der Waals surface area contributed by atoms with Crippen molar-refractivity contribution in [2.45, 2.75) is 6.42 Å². The molecular formula is C14H12F2N2O5. The summed E-state index contributed by atoms with van der Waals surface area (Å²) in [5.41, 5.74) is -1.02. The number of anilines is 1. The summed E-state index contributed by atoms with van der Waals surface area (Å²) in [6, 6.07) is 2.14. The Balaban J connectivity index is 2.23. The van der Waals surface area contributed by atoms with Gasteiger partial charge in [0, 0.05) is 11.6 Å². The second kappa shape index (κ2) is 6.53. The Kier molecular flexibility index (Phi) is 4.70. The van der Waals surface area contributed by atoms with Gasteiger partial charge in [0.25, 0.3) is 11.8 Å². The number of carboxylic acids is 1. The Morgan fingerprint density at radius 3 is 2.52 bits per heavy atom. The highest BCUT2D eigenvalue weighted by atomic mass is 19.2. The summed E-state index contributed by atoms with van der Waals surface area (Å²) in [6.45, 7) is -0.640. The van der Waals surface area contributed by atoms with Crippen LogP contribution in [0.1, 0.15) is 5.56 Å². The van der Waals surface area contributed by atoms with Crippen LogP contribution in [0.4, 0.5) is 14.5 Å². The van der Waals surface area contributed by atoms with E-state index in [1.807, 2.05) is 0 Å². The van der Waals surface area contributed by atoms with E-state index in [-0.39, 0.29) is 17.8 Å². The summed E-state index contributed by atoms with van der Waals surface area (Å²) in [4.78, 5) is 34.7. The summed E-state index contributed by atoms with van der Waals surface area (Å²) in [6.07, 6.45) is 0.216. The van der Waals surface area contributed by atoms with Gasteiger partial charge in [-0.15, -0.1) is 0 Å². The van der Waals surface area contributed by atoms with Gasteiger partial charge in [0.15, 0.2) is 11.6 Å². The smallest absolute Gasteiger partial charge is 0.307 e. The number of aliphatic hydroxyl groups is 1. The third-order valence-corrected chi connectivity index (χ3v) is 3.11. The fraction of sp³-hybridized carbons (Fsp3) is 0.214. The molecule has 1 aromatic carbocycles. The molecule has 9 heteroatoms. The summed E-state index contributed by atoms with van der Waals surface area (Å²) in [7, 11) is 0. The van der Waals surface area contributed by atoms with Gasteiger partial charge in [0.1, 0.15) is 5.70 Å². The number of carboxylic acid groups (broad SMARTS) is 1. The Morgan fingerprint density at radius 1 is 1.22 bits per heavy atom. The zero-order valence-electron chi connectivity index (χ0n) is 11.7. The second-order valence-electron chi connectivity index (χ2n) is 4.67. The number of nitrogens with one attached hydrogen (secondary N) is 1. The minimum Gasteiger partial charge on any atom is -0.481 e.